The fourth-order valence-corrected chi connectivity index (χ4v) is 2.05. The lowest BCUT2D eigenvalue weighted by molar-refractivity contribution is -0.110. The first-order valence-electron chi connectivity index (χ1n) is 4.54. The molecule has 0 N–H and O–H groups in total. The Morgan fingerprint density at radius 3 is 1.88 bits per heavy atom. The minimum absolute atomic E-state index is 0.0644. The van der Waals surface area contributed by atoms with Gasteiger partial charge in [-0.05, 0) is 24.3 Å². The molecule has 2 heterocycles. The maximum atomic E-state index is 11.4. The Labute approximate surface area is 101 Å². The molecule has 0 aromatic carbocycles. The van der Waals surface area contributed by atoms with E-state index >= 15 is 0 Å². The fourth-order valence-electron chi connectivity index (χ4n) is 0.996. The van der Waals surface area contributed by atoms with Gasteiger partial charge >= 0.3 is 0 Å². The van der Waals surface area contributed by atoms with Crippen LogP contribution in [0.3, 0.4) is 0 Å². The maximum absolute atomic E-state index is 11.4. The quantitative estimate of drug-likeness (QED) is 0.781. The number of allylic oxidation sites excluding steroid dienone is 2. The van der Waals surface area contributed by atoms with Crippen LogP contribution in [0.25, 0.3) is 12.2 Å². The van der Waals surface area contributed by atoms with E-state index in [1.54, 1.807) is 24.5 Å². The Balaban J connectivity index is 1.94. The van der Waals surface area contributed by atoms with E-state index in [2.05, 4.69) is 9.97 Å². The molecule has 0 aliphatic rings. The normalized spacial score (nSPS) is 11.5. The van der Waals surface area contributed by atoms with Crippen LogP contribution in [0, 0.1) is 0 Å². The second kappa shape index (κ2) is 5.48. The van der Waals surface area contributed by atoms with Crippen molar-refractivity contribution >= 4 is 40.6 Å². The smallest absolute Gasteiger partial charge is 0.178 e. The Bertz CT molecular complexity index is 452. The lowest BCUT2D eigenvalue weighted by Crippen LogP contribution is -1.84. The summed E-state index contributed by atoms with van der Waals surface area (Å²) in [5, 5.41) is 5.40. The molecule has 0 radical (unpaired) electrons. The van der Waals surface area contributed by atoms with Gasteiger partial charge in [-0.3, -0.25) is 4.79 Å². The van der Waals surface area contributed by atoms with Crippen molar-refractivity contribution in [2.24, 2.45) is 0 Å². The number of carbonyl (C=O) groups is 1. The Morgan fingerprint density at radius 1 is 1.00 bits per heavy atom. The second-order valence-corrected chi connectivity index (χ2v) is 4.66. The van der Waals surface area contributed by atoms with Gasteiger partial charge < -0.3 is 0 Å². The van der Waals surface area contributed by atoms with E-state index in [1.807, 2.05) is 10.8 Å². The van der Waals surface area contributed by atoms with Crippen LogP contribution in [0.1, 0.15) is 10.0 Å². The maximum Gasteiger partial charge on any atom is 0.178 e. The van der Waals surface area contributed by atoms with Crippen molar-refractivity contribution in [3.05, 3.63) is 45.3 Å². The summed E-state index contributed by atoms with van der Waals surface area (Å²) in [6.45, 7) is 0. The molecule has 2 aromatic heterocycles. The van der Waals surface area contributed by atoms with Crippen LogP contribution in [-0.2, 0) is 4.79 Å². The van der Waals surface area contributed by atoms with E-state index in [0.717, 1.165) is 10.0 Å². The molecule has 0 fully saturated rings. The molecule has 0 aliphatic heterocycles. The molecule has 0 amide bonds. The van der Waals surface area contributed by atoms with Gasteiger partial charge in [0.15, 0.2) is 5.78 Å². The SMILES string of the molecule is O=C(/C=C/c1nccs1)/C=C/c1nccs1. The van der Waals surface area contributed by atoms with E-state index in [1.165, 1.54) is 34.8 Å². The average molecular weight is 248 g/mol. The van der Waals surface area contributed by atoms with Crippen LogP contribution in [-0.4, -0.2) is 15.8 Å². The lowest BCUT2D eigenvalue weighted by atomic mass is 10.3. The van der Waals surface area contributed by atoms with Gasteiger partial charge in [-0.25, -0.2) is 9.97 Å². The Hall–Kier alpha value is -1.59. The van der Waals surface area contributed by atoms with E-state index in [-0.39, 0.29) is 5.78 Å². The zero-order valence-electron chi connectivity index (χ0n) is 8.24. The molecule has 0 saturated heterocycles. The molecule has 0 unspecified atom stereocenters. The van der Waals surface area contributed by atoms with Gasteiger partial charge in [0, 0.05) is 23.2 Å². The number of nitrogens with zero attached hydrogens (tertiary/aromatic N) is 2. The summed E-state index contributed by atoms with van der Waals surface area (Å²) in [6.07, 6.45) is 9.84. The van der Waals surface area contributed by atoms with Crippen molar-refractivity contribution in [1.29, 1.82) is 0 Å². The van der Waals surface area contributed by atoms with E-state index < -0.39 is 0 Å². The van der Waals surface area contributed by atoms with E-state index in [0.29, 0.717) is 0 Å². The number of hydrogen-bond acceptors (Lipinski definition) is 5. The van der Waals surface area contributed by atoms with Crippen LogP contribution in [0.4, 0.5) is 0 Å². The molecule has 2 aromatic rings. The van der Waals surface area contributed by atoms with Crippen LogP contribution < -0.4 is 0 Å². The van der Waals surface area contributed by atoms with Gasteiger partial charge in [0.25, 0.3) is 0 Å². The van der Waals surface area contributed by atoms with Gasteiger partial charge in [-0.1, -0.05) is 0 Å². The first-order valence-corrected chi connectivity index (χ1v) is 6.29. The third-order valence-electron chi connectivity index (χ3n) is 1.68. The van der Waals surface area contributed by atoms with E-state index in [4.69, 9.17) is 0 Å². The zero-order chi connectivity index (χ0) is 11.2. The van der Waals surface area contributed by atoms with Crippen molar-refractivity contribution in [1.82, 2.24) is 9.97 Å². The molecular weight excluding hydrogens is 240 g/mol. The predicted octanol–water partition coefficient (Wildman–Crippen LogP) is 2.90. The van der Waals surface area contributed by atoms with Gasteiger partial charge in [-0.15, -0.1) is 22.7 Å². The summed E-state index contributed by atoms with van der Waals surface area (Å²) in [5.41, 5.74) is 0. The minimum Gasteiger partial charge on any atom is -0.290 e. The minimum atomic E-state index is -0.0644. The van der Waals surface area contributed by atoms with Crippen molar-refractivity contribution < 1.29 is 4.79 Å². The van der Waals surface area contributed by atoms with Gasteiger partial charge in [-0.2, -0.15) is 0 Å². The van der Waals surface area contributed by atoms with Gasteiger partial charge in [0.1, 0.15) is 10.0 Å². The summed E-state index contributed by atoms with van der Waals surface area (Å²) < 4.78 is 0. The molecular formula is C11H8N2OS2. The molecule has 16 heavy (non-hydrogen) atoms. The highest BCUT2D eigenvalue weighted by molar-refractivity contribution is 7.10. The number of carbonyl (C=O) groups excluding carboxylic acids is 1. The molecule has 0 saturated carbocycles. The first kappa shape index (κ1) is 10.9. The zero-order valence-corrected chi connectivity index (χ0v) is 9.87. The highest BCUT2D eigenvalue weighted by atomic mass is 32.1. The predicted molar refractivity (Wildman–Crippen MR) is 67.3 cm³/mol. The van der Waals surface area contributed by atoms with Crippen molar-refractivity contribution in [3.63, 3.8) is 0 Å². The molecule has 2 rings (SSSR count). The van der Waals surface area contributed by atoms with Crippen molar-refractivity contribution in [2.45, 2.75) is 0 Å². The average Bonchev–Trinajstić information content (AvgIpc) is 2.96. The fraction of sp³-hybridized carbons (Fsp3) is 0. The molecule has 0 spiro atoms. The van der Waals surface area contributed by atoms with Crippen molar-refractivity contribution in [3.8, 4) is 0 Å². The van der Waals surface area contributed by atoms with Crippen LogP contribution >= 0.6 is 22.7 Å². The van der Waals surface area contributed by atoms with Crippen molar-refractivity contribution in [2.75, 3.05) is 0 Å². The van der Waals surface area contributed by atoms with Gasteiger partial charge in [0.05, 0.1) is 0 Å². The van der Waals surface area contributed by atoms with Crippen LogP contribution in [0.2, 0.25) is 0 Å². The summed E-state index contributed by atoms with van der Waals surface area (Å²) in [5.74, 6) is -0.0644. The lowest BCUT2D eigenvalue weighted by Gasteiger charge is -1.83. The summed E-state index contributed by atoms with van der Waals surface area (Å²) in [7, 11) is 0. The second-order valence-electron chi connectivity index (χ2n) is 2.81. The molecule has 0 bridgehead atoms. The molecule has 0 atom stereocenters. The number of thiazole rings is 2. The molecule has 3 nitrogen and oxygen atoms in total. The number of ketones is 1. The topological polar surface area (TPSA) is 42.9 Å². The molecule has 0 aliphatic carbocycles. The number of rotatable bonds is 4. The Kier molecular flexibility index (Phi) is 3.74. The number of hydrogen-bond donors (Lipinski definition) is 0. The third kappa shape index (κ3) is 3.22. The summed E-state index contributed by atoms with van der Waals surface area (Å²) in [4.78, 5) is 19.5. The molecule has 80 valence electrons. The highest BCUT2D eigenvalue weighted by Crippen LogP contribution is 2.07. The summed E-state index contributed by atoms with van der Waals surface area (Å²) >= 11 is 2.99. The largest absolute Gasteiger partial charge is 0.290 e. The standard InChI is InChI=1S/C11H8N2OS2/c14-9(1-3-10-12-5-7-15-10)2-4-11-13-6-8-16-11/h1-8H/b3-1+,4-2+. The summed E-state index contributed by atoms with van der Waals surface area (Å²) in [6, 6.07) is 0. The first-order chi connectivity index (χ1) is 7.84. The van der Waals surface area contributed by atoms with E-state index in [9.17, 15) is 4.79 Å². The monoisotopic (exact) mass is 248 g/mol. The molecule has 5 heteroatoms. The highest BCUT2D eigenvalue weighted by Gasteiger charge is 1.93. The Morgan fingerprint density at radius 2 is 1.50 bits per heavy atom. The third-order valence-corrected chi connectivity index (χ3v) is 3.16. The van der Waals surface area contributed by atoms with Crippen LogP contribution in [0.5, 0.6) is 0 Å². The van der Waals surface area contributed by atoms with Gasteiger partial charge in [0.2, 0.25) is 0 Å². The number of aromatic nitrogens is 2. The van der Waals surface area contributed by atoms with Crippen LogP contribution in [0.15, 0.2) is 35.3 Å².